The standard InChI is InChI=1S/C18H20Cl2N2O2/c1-18(2,12-4-6-13(19)7-5-12)11-21-17(23)22-15-10-14(20)8-9-16(15)24-3/h4-10H,11H2,1-3H3,(H2,21,22,23). The highest BCUT2D eigenvalue weighted by molar-refractivity contribution is 6.31. The van der Waals surface area contributed by atoms with Gasteiger partial charge in [0, 0.05) is 22.0 Å². The lowest BCUT2D eigenvalue weighted by Gasteiger charge is -2.26. The molecule has 0 aliphatic carbocycles. The van der Waals surface area contributed by atoms with Crippen molar-refractivity contribution in [2.24, 2.45) is 0 Å². The number of carbonyl (C=O) groups excluding carboxylic acids is 1. The number of urea groups is 1. The average molecular weight is 367 g/mol. The van der Waals surface area contributed by atoms with Crippen LogP contribution < -0.4 is 15.4 Å². The minimum Gasteiger partial charge on any atom is -0.495 e. The maximum atomic E-state index is 12.2. The van der Waals surface area contributed by atoms with Crippen LogP contribution in [0, 0.1) is 0 Å². The number of benzene rings is 2. The Bertz CT molecular complexity index is 715. The zero-order valence-electron chi connectivity index (χ0n) is 13.8. The van der Waals surface area contributed by atoms with Gasteiger partial charge in [0.15, 0.2) is 0 Å². The number of anilines is 1. The minimum atomic E-state index is -0.322. The molecule has 2 aromatic rings. The third-order valence-electron chi connectivity index (χ3n) is 3.73. The smallest absolute Gasteiger partial charge is 0.319 e. The van der Waals surface area contributed by atoms with Crippen LogP contribution in [0.4, 0.5) is 10.5 Å². The predicted octanol–water partition coefficient (Wildman–Crippen LogP) is 5.10. The van der Waals surface area contributed by atoms with Gasteiger partial charge in [0.25, 0.3) is 0 Å². The van der Waals surface area contributed by atoms with Gasteiger partial charge in [-0.3, -0.25) is 0 Å². The molecule has 0 atom stereocenters. The van der Waals surface area contributed by atoms with E-state index in [4.69, 9.17) is 27.9 Å². The molecule has 4 nitrogen and oxygen atoms in total. The zero-order chi connectivity index (χ0) is 17.7. The van der Waals surface area contributed by atoms with Crippen molar-refractivity contribution in [3.63, 3.8) is 0 Å². The molecule has 0 radical (unpaired) electrons. The van der Waals surface area contributed by atoms with Crippen molar-refractivity contribution in [2.75, 3.05) is 19.0 Å². The summed E-state index contributed by atoms with van der Waals surface area (Å²) < 4.78 is 5.21. The van der Waals surface area contributed by atoms with E-state index >= 15 is 0 Å². The van der Waals surface area contributed by atoms with Crippen LogP contribution in [0.2, 0.25) is 10.0 Å². The molecular formula is C18H20Cl2N2O2. The molecule has 0 fully saturated rings. The van der Waals surface area contributed by atoms with Crippen LogP contribution in [0.15, 0.2) is 42.5 Å². The summed E-state index contributed by atoms with van der Waals surface area (Å²) in [4.78, 5) is 12.2. The van der Waals surface area contributed by atoms with Gasteiger partial charge in [-0.1, -0.05) is 49.2 Å². The van der Waals surface area contributed by atoms with E-state index < -0.39 is 0 Å². The number of methoxy groups -OCH3 is 1. The summed E-state index contributed by atoms with van der Waals surface area (Å²) >= 11 is 11.9. The molecule has 0 saturated carbocycles. The first-order chi connectivity index (χ1) is 11.3. The summed E-state index contributed by atoms with van der Waals surface area (Å²) in [6, 6.07) is 12.3. The fraction of sp³-hybridized carbons (Fsp3) is 0.278. The number of hydrogen-bond donors (Lipinski definition) is 2. The van der Waals surface area contributed by atoms with Crippen molar-refractivity contribution >= 4 is 34.9 Å². The van der Waals surface area contributed by atoms with Crippen molar-refractivity contribution in [3.8, 4) is 5.75 Å². The molecule has 6 heteroatoms. The number of carbonyl (C=O) groups is 1. The molecule has 128 valence electrons. The number of nitrogens with one attached hydrogen (secondary N) is 2. The number of hydrogen-bond acceptors (Lipinski definition) is 2. The lowest BCUT2D eigenvalue weighted by molar-refractivity contribution is 0.249. The summed E-state index contributed by atoms with van der Waals surface area (Å²) in [6.45, 7) is 4.57. The Labute approximate surface area is 152 Å². The molecule has 2 aromatic carbocycles. The monoisotopic (exact) mass is 366 g/mol. The molecule has 0 aliphatic heterocycles. The normalized spacial score (nSPS) is 11.0. The van der Waals surface area contributed by atoms with Crippen LogP contribution in [0.25, 0.3) is 0 Å². The van der Waals surface area contributed by atoms with Crippen LogP contribution in [-0.2, 0) is 5.41 Å². The summed E-state index contributed by atoms with van der Waals surface area (Å²) in [5.74, 6) is 0.548. The molecule has 0 aromatic heterocycles. The lowest BCUT2D eigenvalue weighted by atomic mass is 9.85. The Morgan fingerprint density at radius 3 is 2.33 bits per heavy atom. The SMILES string of the molecule is COc1ccc(Cl)cc1NC(=O)NCC(C)(C)c1ccc(Cl)cc1. The molecule has 2 N–H and O–H groups in total. The zero-order valence-corrected chi connectivity index (χ0v) is 15.3. The van der Waals surface area contributed by atoms with Crippen LogP contribution >= 0.6 is 23.2 Å². The third-order valence-corrected chi connectivity index (χ3v) is 4.21. The van der Waals surface area contributed by atoms with E-state index in [1.807, 2.05) is 24.3 Å². The van der Waals surface area contributed by atoms with Gasteiger partial charge in [-0.2, -0.15) is 0 Å². The van der Waals surface area contributed by atoms with Crippen molar-refractivity contribution in [1.29, 1.82) is 0 Å². The van der Waals surface area contributed by atoms with E-state index in [-0.39, 0.29) is 11.4 Å². The highest BCUT2D eigenvalue weighted by Crippen LogP contribution is 2.28. The third kappa shape index (κ3) is 4.79. The van der Waals surface area contributed by atoms with Gasteiger partial charge in [0.05, 0.1) is 12.8 Å². The number of amides is 2. The van der Waals surface area contributed by atoms with Crippen LogP contribution in [0.1, 0.15) is 19.4 Å². The molecule has 0 saturated heterocycles. The first-order valence-corrected chi connectivity index (χ1v) is 8.22. The molecule has 2 rings (SSSR count). The Morgan fingerprint density at radius 1 is 1.08 bits per heavy atom. The Morgan fingerprint density at radius 2 is 1.71 bits per heavy atom. The molecule has 0 unspecified atom stereocenters. The van der Waals surface area contributed by atoms with E-state index in [1.54, 1.807) is 18.2 Å². The number of halogens is 2. The van der Waals surface area contributed by atoms with Gasteiger partial charge >= 0.3 is 6.03 Å². The second-order valence-electron chi connectivity index (χ2n) is 6.04. The second-order valence-corrected chi connectivity index (χ2v) is 6.92. The van der Waals surface area contributed by atoms with Crippen molar-refractivity contribution in [3.05, 3.63) is 58.1 Å². The molecule has 0 heterocycles. The highest BCUT2D eigenvalue weighted by Gasteiger charge is 2.21. The highest BCUT2D eigenvalue weighted by atomic mass is 35.5. The maximum absolute atomic E-state index is 12.2. The maximum Gasteiger partial charge on any atom is 0.319 e. The van der Waals surface area contributed by atoms with Crippen molar-refractivity contribution in [1.82, 2.24) is 5.32 Å². The van der Waals surface area contributed by atoms with Crippen LogP contribution in [0.5, 0.6) is 5.75 Å². The Hall–Kier alpha value is -1.91. The summed E-state index contributed by atoms with van der Waals surface area (Å²) in [5.41, 5.74) is 1.37. The molecular weight excluding hydrogens is 347 g/mol. The number of ether oxygens (including phenoxy) is 1. The largest absolute Gasteiger partial charge is 0.495 e. The summed E-state index contributed by atoms with van der Waals surface area (Å²) in [7, 11) is 1.54. The molecule has 0 bridgehead atoms. The van der Waals surface area contributed by atoms with Crippen molar-refractivity contribution in [2.45, 2.75) is 19.3 Å². The Balaban J connectivity index is 2.00. The average Bonchev–Trinajstić information content (AvgIpc) is 2.54. The van der Waals surface area contributed by atoms with E-state index in [2.05, 4.69) is 24.5 Å². The molecule has 0 spiro atoms. The summed E-state index contributed by atoms with van der Waals surface area (Å²) in [6.07, 6.45) is 0. The number of rotatable bonds is 5. The first kappa shape index (κ1) is 18.4. The van der Waals surface area contributed by atoms with Crippen molar-refractivity contribution < 1.29 is 9.53 Å². The van der Waals surface area contributed by atoms with Gasteiger partial charge in [-0.15, -0.1) is 0 Å². The topological polar surface area (TPSA) is 50.4 Å². The fourth-order valence-electron chi connectivity index (χ4n) is 2.25. The van der Waals surface area contributed by atoms with Crippen LogP contribution in [-0.4, -0.2) is 19.7 Å². The van der Waals surface area contributed by atoms with Gasteiger partial charge in [0.2, 0.25) is 0 Å². The fourth-order valence-corrected chi connectivity index (χ4v) is 2.55. The van der Waals surface area contributed by atoms with Gasteiger partial charge in [-0.25, -0.2) is 4.79 Å². The van der Waals surface area contributed by atoms with Gasteiger partial charge < -0.3 is 15.4 Å². The quantitative estimate of drug-likeness (QED) is 0.772. The van der Waals surface area contributed by atoms with E-state index in [0.29, 0.717) is 28.0 Å². The van der Waals surface area contributed by atoms with E-state index in [9.17, 15) is 4.79 Å². The first-order valence-electron chi connectivity index (χ1n) is 7.46. The molecule has 0 aliphatic rings. The predicted molar refractivity (Wildman–Crippen MR) is 99.5 cm³/mol. The van der Waals surface area contributed by atoms with Gasteiger partial charge in [0.1, 0.15) is 5.75 Å². The van der Waals surface area contributed by atoms with Gasteiger partial charge in [-0.05, 0) is 35.9 Å². The van der Waals surface area contributed by atoms with E-state index in [0.717, 1.165) is 5.56 Å². The van der Waals surface area contributed by atoms with E-state index in [1.165, 1.54) is 7.11 Å². The minimum absolute atomic E-state index is 0.236. The lowest BCUT2D eigenvalue weighted by Crippen LogP contribution is -2.39. The molecule has 24 heavy (non-hydrogen) atoms. The second kappa shape index (κ2) is 7.77. The molecule has 2 amide bonds. The summed E-state index contributed by atoms with van der Waals surface area (Å²) in [5, 5.41) is 6.84. The van der Waals surface area contributed by atoms with Crippen LogP contribution in [0.3, 0.4) is 0 Å². The Kier molecular flexibility index (Phi) is 5.97.